The molecule has 0 fully saturated rings. The molecule has 7 nitrogen and oxygen atoms in total. The average molecular weight is 346 g/mol. The van der Waals surface area contributed by atoms with Gasteiger partial charge in [0.05, 0.1) is 19.4 Å². The molecule has 0 radical (unpaired) electrons. The number of aryl methyl sites for hydroxylation is 1. The van der Waals surface area contributed by atoms with Gasteiger partial charge in [-0.15, -0.1) is 0 Å². The number of aromatic nitrogens is 3. The van der Waals surface area contributed by atoms with Crippen molar-refractivity contribution in [3.8, 4) is 11.4 Å². The van der Waals surface area contributed by atoms with Crippen LogP contribution in [0.25, 0.3) is 16.2 Å². The summed E-state index contributed by atoms with van der Waals surface area (Å²) in [5.41, 5.74) is 1.16. The van der Waals surface area contributed by atoms with Crippen LogP contribution in [0, 0.1) is 12.0 Å². The molecular formula is C16H18N4O3S. The molecule has 1 aliphatic heterocycles. The van der Waals surface area contributed by atoms with Crippen molar-refractivity contribution in [2.45, 2.75) is 26.3 Å². The Labute approximate surface area is 141 Å². The molecule has 2 heterocycles. The smallest absolute Gasteiger partial charge is 0.264 e. The highest BCUT2D eigenvalue weighted by atomic mass is 32.2. The molecule has 8 heteroatoms. The minimum Gasteiger partial charge on any atom is -0.270 e. The molecule has 0 saturated carbocycles. The molecule has 0 bridgehead atoms. The maximum Gasteiger partial charge on any atom is 0.264 e. The molecule has 0 saturated heterocycles. The van der Waals surface area contributed by atoms with Crippen molar-refractivity contribution in [2.75, 3.05) is 12.9 Å². The monoisotopic (exact) mass is 346 g/mol. The van der Waals surface area contributed by atoms with E-state index in [2.05, 4.69) is 14.9 Å². The lowest BCUT2D eigenvalue weighted by molar-refractivity contribution is 0.129. The highest BCUT2D eigenvalue weighted by molar-refractivity contribution is 7.85. The third-order valence-corrected chi connectivity index (χ3v) is 4.68. The molecule has 3 rings (SSSR count). The van der Waals surface area contributed by atoms with E-state index in [0.29, 0.717) is 24.5 Å². The fraction of sp³-hybridized carbons (Fsp3) is 0.438. The van der Waals surface area contributed by atoms with Gasteiger partial charge in [-0.05, 0) is 6.42 Å². The molecule has 24 heavy (non-hydrogen) atoms. The van der Waals surface area contributed by atoms with E-state index in [1.165, 1.54) is 0 Å². The minimum atomic E-state index is -3.45. The fourth-order valence-electron chi connectivity index (χ4n) is 2.71. The number of benzene rings is 1. The van der Waals surface area contributed by atoms with Crippen molar-refractivity contribution in [1.82, 2.24) is 14.8 Å². The van der Waals surface area contributed by atoms with Crippen molar-refractivity contribution in [3.05, 3.63) is 41.5 Å². The summed E-state index contributed by atoms with van der Waals surface area (Å²) in [6.45, 7) is 9.81. The summed E-state index contributed by atoms with van der Waals surface area (Å²) in [7, 11) is -3.45. The molecule has 0 amide bonds. The van der Waals surface area contributed by atoms with Crippen molar-refractivity contribution in [2.24, 2.45) is 5.41 Å². The van der Waals surface area contributed by atoms with Crippen molar-refractivity contribution in [3.63, 3.8) is 0 Å². The molecule has 1 unspecified atom stereocenters. The highest BCUT2D eigenvalue weighted by Gasteiger charge is 2.33. The van der Waals surface area contributed by atoms with Crippen molar-refractivity contribution >= 4 is 15.8 Å². The quantitative estimate of drug-likeness (QED) is 0.627. The lowest BCUT2D eigenvalue weighted by atomic mass is 9.82. The van der Waals surface area contributed by atoms with E-state index < -0.39 is 10.1 Å². The first-order valence-corrected chi connectivity index (χ1v) is 9.36. The van der Waals surface area contributed by atoms with E-state index in [1.807, 2.05) is 23.7 Å². The summed E-state index contributed by atoms with van der Waals surface area (Å²) in [6.07, 6.45) is 2.44. The van der Waals surface area contributed by atoms with Gasteiger partial charge in [0.15, 0.2) is 11.5 Å². The van der Waals surface area contributed by atoms with E-state index in [0.717, 1.165) is 24.1 Å². The second-order valence-electron chi connectivity index (χ2n) is 6.44. The van der Waals surface area contributed by atoms with Gasteiger partial charge in [0.25, 0.3) is 10.1 Å². The predicted molar refractivity (Wildman–Crippen MR) is 88.9 cm³/mol. The Morgan fingerprint density at radius 3 is 2.71 bits per heavy atom. The lowest BCUT2D eigenvalue weighted by Gasteiger charge is -2.32. The SMILES string of the molecule is [C-]#[N+]c1ccc(-c2nc3n(n2)CCC(C)(COS(C)(=O)=O)C3)cc1. The molecule has 2 aromatic rings. The maximum atomic E-state index is 11.2. The highest BCUT2D eigenvalue weighted by Crippen LogP contribution is 2.33. The average Bonchev–Trinajstić information content (AvgIpc) is 2.95. The zero-order valence-electron chi connectivity index (χ0n) is 13.6. The number of hydrogen-bond acceptors (Lipinski definition) is 5. The Hall–Kier alpha value is -2.24. The second-order valence-corrected chi connectivity index (χ2v) is 8.08. The molecular weight excluding hydrogens is 328 g/mol. The van der Waals surface area contributed by atoms with Crippen molar-refractivity contribution < 1.29 is 12.6 Å². The van der Waals surface area contributed by atoms with Gasteiger partial charge in [0.2, 0.25) is 0 Å². The molecule has 126 valence electrons. The van der Waals surface area contributed by atoms with E-state index in [4.69, 9.17) is 10.8 Å². The van der Waals surface area contributed by atoms with E-state index in [1.54, 1.807) is 12.1 Å². The first kappa shape index (κ1) is 16.6. The first-order valence-electron chi connectivity index (χ1n) is 7.54. The number of fused-ring (bicyclic) bond motifs is 1. The van der Waals surface area contributed by atoms with Crippen LogP contribution in [0.3, 0.4) is 0 Å². The van der Waals surface area contributed by atoms with Gasteiger partial charge in [0, 0.05) is 23.9 Å². The summed E-state index contributed by atoms with van der Waals surface area (Å²) in [6, 6.07) is 7.15. The fourth-order valence-corrected chi connectivity index (χ4v) is 3.21. The molecule has 0 aliphatic carbocycles. The van der Waals surface area contributed by atoms with Crippen molar-refractivity contribution in [1.29, 1.82) is 0 Å². The van der Waals surface area contributed by atoms with Crippen LogP contribution in [-0.2, 0) is 27.3 Å². The Kier molecular flexibility index (Phi) is 4.15. The van der Waals surface area contributed by atoms with Gasteiger partial charge in [0.1, 0.15) is 5.82 Å². The molecule has 1 aliphatic rings. The summed E-state index contributed by atoms with van der Waals surface area (Å²) >= 11 is 0. The lowest BCUT2D eigenvalue weighted by Crippen LogP contribution is -2.34. The third-order valence-electron chi connectivity index (χ3n) is 4.14. The van der Waals surface area contributed by atoms with Crippen LogP contribution in [-0.4, -0.2) is 36.0 Å². The van der Waals surface area contributed by atoms with Crippen LogP contribution >= 0.6 is 0 Å². The standard InChI is InChI=1S/C16H18N4O3S/c1-16(11-23-24(3,21)22)8-9-20-14(10-16)18-15(19-20)12-4-6-13(17-2)7-5-12/h4-7H,8-11H2,1,3H3. The second kappa shape index (κ2) is 6.00. The summed E-state index contributed by atoms with van der Waals surface area (Å²) < 4.78 is 29.3. The summed E-state index contributed by atoms with van der Waals surface area (Å²) in [5, 5.41) is 4.52. The minimum absolute atomic E-state index is 0.147. The summed E-state index contributed by atoms with van der Waals surface area (Å²) in [5.74, 6) is 1.44. The van der Waals surface area contributed by atoms with Gasteiger partial charge in [-0.3, -0.25) is 4.18 Å². The van der Waals surface area contributed by atoms with Crippen LogP contribution in [0.4, 0.5) is 5.69 Å². The van der Waals surface area contributed by atoms with Crippen LogP contribution in [0.2, 0.25) is 0 Å². The molecule has 1 atom stereocenters. The first-order chi connectivity index (χ1) is 11.3. The van der Waals surface area contributed by atoms with Crippen LogP contribution in [0.15, 0.2) is 24.3 Å². The van der Waals surface area contributed by atoms with Gasteiger partial charge < -0.3 is 0 Å². The van der Waals surface area contributed by atoms with Crippen LogP contribution in [0.5, 0.6) is 0 Å². The van der Waals surface area contributed by atoms with Gasteiger partial charge >= 0.3 is 0 Å². The number of hydrogen-bond donors (Lipinski definition) is 0. The normalized spacial score (nSPS) is 20.4. The number of rotatable bonds is 4. The topological polar surface area (TPSA) is 78.4 Å². The van der Waals surface area contributed by atoms with Gasteiger partial charge in [-0.2, -0.15) is 13.5 Å². The van der Waals surface area contributed by atoms with Gasteiger partial charge in [-0.25, -0.2) is 14.5 Å². The van der Waals surface area contributed by atoms with Crippen LogP contribution in [0.1, 0.15) is 19.2 Å². The summed E-state index contributed by atoms with van der Waals surface area (Å²) in [4.78, 5) is 7.96. The molecule has 1 aromatic heterocycles. The molecule has 1 aromatic carbocycles. The predicted octanol–water partition coefficient (Wildman–Crippen LogP) is 2.42. The number of nitrogens with zero attached hydrogens (tertiary/aromatic N) is 4. The Morgan fingerprint density at radius 1 is 1.38 bits per heavy atom. The molecule has 0 N–H and O–H groups in total. The molecule has 0 spiro atoms. The van der Waals surface area contributed by atoms with E-state index in [-0.39, 0.29) is 12.0 Å². The van der Waals surface area contributed by atoms with E-state index in [9.17, 15) is 8.42 Å². The van der Waals surface area contributed by atoms with E-state index >= 15 is 0 Å². The largest absolute Gasteiger partial charge is 0.270 e. The maximum absolute atomic E-state index is 11.2. The zero-order valence-corrected chi connectivity index (χ0v) is 14.4. The van der Waals surface area contributed by atoms with Crippen LogP contribution < -0.4 is 0 Å². The van der Waals surface area contributed by atoms with Gasteiger partial charge in [-0.1, -0.05) is 31.2 Å². The Bertz CT molecular complexity index is 896. The zero-order chi connectivity index (χ0) is 17.4. The Balaban J connectivity index is 1.80. The third kappa shape index (κ3) is 3.63. The Morgan fingerprint density at radius 2 is 2.08 bits per heavy atom.